The van der Waals surface area contributed by atoms with Crippen molar-refractivity contribution in [3.8, 4) is 11.5 Å². The summed E-state index contributed by atoms with van der Waals surface area (Å²) in [4.78, 5) is 30.3. The number of benzene rings is 2. The van der Waals surface area contributed by atoms with Crippen LogP contribution in [0.5, 0.6) is 11.5 Å². The maximum atomic E-state index is 13.4. The van der Waals surface area contributed by atoms with Crippen LogP contribution >= 0.6 is 27.5 Å². The van der Waals surface area contributed by atoms with Crippen molar-refractivity contribution in [3.63, 3.8) is 0 Å². The molecule has 3 rings (SSSR count). The molecule has 10 heteroatoms. The minimum atomic E-state index is -0.907. The summed E-state index contributed by atoms with van der Waals surface area (Å²) < 4.78 is 18.4. The Balaban J connectivity index is 2.16. The minimum absolute atomic E-state index is 0.0265. The summed E-state index contributed by atoms with van der Waals surface area (Å²) in [5.41, 5.74) is 0.706. The van der Waals surface area contributed by atoms with Gasteiger partial charge in [-0.05, 0) is 44.5 Å². The van der Waals surface area contributed by atoms with Crippen molar-refractivity contribution in [1.82, 2.24) is 9.66 Å². The Labute approximate surface area is 217 Å². The average molecular weight is 565 g/mol. The first-order chi connectivity index (χ1) is 16.7. The molecule has 186 valence electrons. The lowest BCUT2D eigenvalue weighted by atomic mass is 10.1. The summed E-state index contributed by atoms with van der Waals surface area (Å²) in [6, 6.07) is 8.54. The van der Waals surface area contributed by atoms with Crippen molar-refractivity contribution in [3.05, 3.63) is 61.6 Å². The number of hydrogen-bond donors (Lipinski definition) is 0. The SMILES string of the molecule is CCOC(=O)[C@H](C)Oc1c(C=Nn2c([C@H](C)CC)nc3ccc(Br)cc3c2=O)cc(Cl)cc1OC. The maximum Gasteiger partial charge on any atom is 0.347 e. The summed E-state index contributed by atoms with van der Waals surface area (Å²) in [5.74, 6) is 0.536. The molecule has 0 aliphatic rings. The van der Waals surface area contributed by atoms with Gasteiger partial charge in [0.1, 0.15) is 5.82 Å². The van der Waals surface area contributed by atoms with Crippen molar-refractivity contribution in [1.29, 1.82) is 0 Å². The van der Waals surface area contributed by atoms with Gasteiger partial charge in [0.25, 0.3) is 5.56 Å². The van der Waals surface area contributed by atoms with Crippen molar-refractivity contribution < 1.29 is 19.0 Å². The van der Waals surface area contributed by atoms with Crippen molar-refractivity contribution >= 4 is 50.6 Å². The molecule has 2 aromatic carbocycles. The van der Waals surface area contributed by atoms with Gasteiger partial charge in [0.05, 0.1) is 30.8 Å². The van der Waals surface area contributed by atoms with Gasteiger partial charge in [-0.25, -0.2) is 9.78 Å². The topological polar surface area (TPSA) is 92.0 Å². The third kappa shape index (κ3) is 6.02. The molecule has 0 bridgehead atoms. The zero-order chi connectivity index (χ0) is 25.7. The molecule has 3 aromatic rings. The summed E-state index contributed by atoms with van der Waals surface area (Å²) in [7, 11) is 1.46. The van der Waals surface area contributed by atoms with Crippen molar-refractivity contribution in [2.24, 2.45) is 5.10 Å². The van der Waals surface area contributed by atoms with Gasteiger partial charge in [-0.1, -0.05) is 41.4 Å². The Hall–Kier alpha value is -2.91. The predicted molar refractivity (Wildman–Crippen MR) is 140 cm³/mol. The lowest BCUT2D eigenvalue weighted by Gasteiger charge is -2.18. The lowest BCUT2D eigenvalue weighted by molar-refractivity contribution is -0.150. The fourth-order valence-electron chi connectivity index (χ4n) is 3.35. The number of hydrogen-bond acceptors (Lipinski definition) is 7. The molecule has 1 aromatic heterocycles. The third-order valence-corrected chi connectivity index (χ3v) is 6.09. The molecule has 0 N–H and O–H groups in total. The summed E-state index contributed by atoms with van der Waals surface area (Å²) in [6.45, 7) is 7.51. The molecule has 8 nitrogen and oxygen atoms in total. The second-order valence-corrected chi connectivity index (χ2v) is 9.19. The maximum absolute atomic E-state index is 13.4. The largest absolute Gasteiger partial charge is 0.493 e. The van der Waals surface area contributed by atoms with Crippen molar-refractivity contribution in [2.75, 3.05) is 13.7 Å². The van der Waals surface area contributed by atoms with Gasteiger partial charge in [0, 0.05) is 27.0 Å². The number of nitrogens with zero attached hydrogens (tertiary/aromatic N) is 3. The van der Waals surface area contributed by atoms with Crippen LogP contribution in [0.1, 0.15) is 51.4 Å². The van der Waals surface area contributed by atoms with Crippen LogP contribution in [0.25, 0.3) is 10.9 Å². The van der Waals surface area contributed by atoms with E-state index in [9.17, 15) is 9.59 Å². The quantitative estimate of drug-likeness (QED) is 0.250. The Morgan fingerprint density at radius 3 is 2.66 bits per heavy atom. The first kappa shape index (κ1) is 26.7. The lowest BCUT2D eigenvalue weighted by Crippen LogP contribution is -2.27. The molecule has 35 heavy (non-hydrogen) atoms. The predicted octanol–water partition coefficient (Wildman–Crippen LogP) is 5.55. The molecular weight excluding hydrogens is 538 g/mol. The highest BCUT2D eigenvalue weighted by atomic mass is 79.9. The number of ether oxygens (including phenoxy) is 3. The number of carbonyl (C=O) groups excluding carboxylic acids is 1. The van der Waals surface area contributed by atoms with E-state index in [1.807, 2.05) is 19.9 Å². The first-order valence-corrected chi connectivity index (χ1v) is 12.3. The summed E-state index contributed by atoms with van der Waals surface area (Å²) >= 11 is 9.70. The first-order valence-electron chi connectivity index (χ1n) is 11.2. The van der Waals surface area contributed by atoms with E-state index in [0.29, 0.717) is 33.1 Å². The second-order valence-electron chi connectivity index (χ2n) is 7.84. The van der Waals surface area contributed by atoms with Gasteiger partial charge in [0.15, 0.2) is 17.6 Å². The zero-order valence-electron chi connectivity index (χ0n) is 20.2. The second kappa shape index (κ2) is 11.7. The Kier molecular flexibility index (Phi) is 8.91. The molecule has 0 aliphatic carbocycles. The zero-order valence-corrected chi connectivity index (χ0v) is 22.5. The standard InChI is InChI=1S/C25H27BrClN3O5/c1-6-14(3)23-29-20-9-8-17(26)11-19(20)24(31)30(23)28-13-16-10-18(27)12-21(33-5)22(16)35-15(4)25(32)34-7-2/h8-15H,6-7H2,1-5H3/t14-,15+/m1/s1. The van der Waals surface area contributed by atoms with Gasteiger partial charge >= 0.3 is 5.97 Å². The van der Waals surface area contributed by atoms with E-state index in [0.717, 1.165) is 10.9 Å². The molecular formula is C25H27BrClN3O5. The number of rotatable bonds is 9. The van der Waals surface area contributed by atoms with Crippen LogP contribution in [0.4, 0.5) is 0 Å². The fraction of sp³-hybridized carbons (Fsp3) is 0.360. The van der Waals surface area contributed by atoms with E-state index >= 15 is 0 Å². The van der Waals surface area contributed by atoms with Crippen LogP contribution in [-0.4, -0.2) is 41.7 Å². The van der Waals surface area contributed by atoms with E-state index in [1.54, 1.807) is 38.1 Å². The third-order valence-electron chi connectivity index (χ3n) is 5.38. The van der Waals surface area contributed by atoms with Crippen LogP contribution in [0, 0.1) is 0 Å². The van der Waals surface area contributed by atoms with E-state index in [-0.39, 0.29) is 23.8 Å². The molecule has 0 saturated heterocycles. The van der Waals surface area contributed by atoms with E-state index in [4.69, 9.17) is 30.8 Å². The van der Waals surface area contributed by atoms with E-state index in [2.05, 4.69) is 21.0 Å². The highest BCUT2D eigenvalue weighted by Gasteiger charge is 2.21. The smallest absolute Gasteiger partial charge is 0.347 e. The number of methoxy groups -OCH3 is 1. The van der Waals surface area contributed by atoms with Crippen LogP contribution in [0.3, 0.4) is 0 Å². The number of halogens is 2. The van der Waals surface area contributed by atoms with Gasteiger partial charge in [0.2, 0.25) is 0 Å². The molecule has 1 heterocycles. The van der Waals surface area contributed by atoms with Crippen LogP contribution in [0.2, 0.25) is 5.02 Å². The van der Waals surface area contributed by atoms with E-state index < -0.39 is 12.1 Å². The van der Waals surface area contributed by atoms with Crippen molar-refractivity contribution in [2.45, 2.75) is 46.1 Å². The average Bonchev–Trinajstić information content (AvgIpc) is 2.84. The monoisotopic (exact) mass is 563 g/mol. The molecule has 0 saturated carbocycles. The molecule has 0 radical (unpaired) electrons. The Morgan fingerprint density at radius 2 is 2.00 bits per heavy atom. The number of esters is 1. The minimum Gasteiger partial charge on any atom is -0.493 e. The normalized spacial score (nSPS) is 13.1. The number of carbonyl (C=O) groups is 1. The summed E-state index contributed by atoms with van der Waals surface area (Å²) in [5, 5.41) is 5.28. The molecule has 2 atom stereocenters. The highest BCUT2D eigenvalue weighted by molar-refractivity contribution is 9.10. The molecule has 0 aliphatic heterocycles. The van der Waals surface area contributed by atoms with Crippen LogP contribution in [0.15, 0.2) is 44.7 Å². The van der Waals surface area contributed by atoms with Gasteiger partial charge < -0.3 is 14.2 Å². The Bertz CT molecular complexity index is 1320. The summed E-state index contributed by atoms with van der Waals surface area (Å²) in [6.07, 6.45) is 1.30. The van der Waals surface area contributed by atoms with Gasteiger partial charge in [-0.15, -0.1) is 0 Å². The van der Waals surface area contributed by atoms with Crippen LogP contribution in [-0.2, 0) is 9.53 Å². The number of aromatic nitrogens is 2. The number of fused-ring (bicyclic) bond motifs is 1. The highest BCUT2D eigenvalue weighted by Crippen LogP contribution is 2.35. The van der Waals surface area contributed by atoms with Gasteiger partial charge in [-0.2, -0.15) is 9.78 Å². The molecule has 0 amide bonds. The molecule has 0 fully saturated rings. The van der Waals surface area contributed by atoms with Gasteiger partial charge in [-0.3, -0.25) is 4.79 Å². The van der Waals surface area contributed by atoms with E-state index in [1.165, 1.54) is 18.0 Å². The Morgan fingerprint density at radius 1 is 1.26 bits per heavy atom. The molecule has 0 unspecified atom stereocenters. The molecule has 0 spiro atoms. The van der Waals surface area contributed by atoms with Crippen LogP contribution < -0.4 is 15.0 Å². The fourth-order valence-corrected chi connectivity index (χ4v) is 3.92.